The van der Waals surface area contributed by atoms with Gasteiger partial charge >= 0.3 is 0 Å². The van der Waals surface area contributed by atoms with Crippen molar-refractivity contribution < 1.29 is 13.5 Å². The highest BCUT2D eigenvalue weighted by Crippen LogP contribution is 2.21. The standard InChI is InChI=1S/C12H14N2O3S/c1-9(15)7-14-18(16,17)12-4-2-3-10-5-6-13-8-11(10)12/h2-6,8-9,14-15H,7H2,1H3/t9-/m1/s1. The molecule has 0 aliphatic heterocycles. The van der Waals surface area contributed by atoms with Crippen LogP contribution >= 0.6 is 0 Å². The lowest BCUT2D eigenvalue weighted by molar-refractivity contribution is 0.198. The summed E-state index contributed by atoms with van der Waals surface area (Å²) in [6.45, 7) is 1.51. The summed E-state index contributed by atoms with van der Waals surface area (Å²) in [5, 5.41) is 10.5. The Morgan fingerprint density at radius 3 is 2.89 bits per heavy atom. The SMILES string of the molecule is C[C@@H](O)CNS(=O)(=O)c1cccc2ccncc12. The monoisotopic (exact) mass is 266 g/mol. The smallest absolute Gasteiger partial charge is 0.241 e. The van der Waals surface area contributed by atoms with E-state index in [1.54, 1.807) is 18.3 Å². The first-order valence-electron chi connectivity index (χ1n) is 5.51. The van der Waals surface area contributed by atoms with Gasteiger partial charge in [-0.2, -0.15) is 0 Å². The molecule has 1 aromatic heterocycles. The number of aromatic nitrogens is 1. The highest BCUT2D eigenvalue weighted by molar-refractivity contribution is 7.89. The van der Waals surface area contributed by atoms with Gasteiger partial charge in [0.25, 0.3) is 0 Å². The van der Waals surface area contributed by atoms with E-state index in [0.717, 1.165) is 5.39 Å². The summed E-state index contributed by atoms with van der Waals surface area (Å²) in [6, 6.07) is 6.78. The molecular formula is C12H14N2O3S. The van der Waals surface area contributed by atoms with Gasteiger partial charge in [-0.1, -0.05) is 12.1 Å². The Labute approximate surface area is 106 Å². The summed E-state index contributed by atoms with van der Waals surface area (Å²) in [4.78, 5) is 4.12. The van der Waals surface area contributed by atoms with Crippen LogP contribution in [0, 0.1) is 0 Å². The quantitative estimate of drug-likeness (QED) is 0.861. The number of benzene rings is 1. The first-order valence-corrected chi connectivity index (χ1v) is 6.99. The van der Waals surface area contributed by atoms with Gasteiger partial charge in [0.05, 0.1) is 11.0 Å². The Morgan fingerprint density at radius 1 is 1.39 bits per heavy atom. The second-order valence-corrected chi connectivity index (χ2v) is 5.79. The minimum atomic E-state index is -3.63. The van der Waals surface area contributed by atoms with Crippen LogP contribution in [0.4, 0.5) is 0 Å². The van der Waals surface area contributed by atoms with E-state index in [2.05, 4.69) is 9.71 Å². The van der Waals surface area contributed by atoms with Gasteiger partial charge in [0.15, 0.2) is 0 Å². The van der Waals surface area contributed by atoms with E-state index in [4.69, 9.17) is 5.11 Å². The van der Waals surface area contributed by atoms with Crippen LogP contribution < -0.4 is 4.72 Å². The molecule has 0 saturated carbocycles. The van der Waals surface area contributed by atoms with Gasteiger partial charge in [0.1, 0.15) is 0 Å². The Kier molecular flexibility index (Phi) is 3.60. The maximum Gasteiger partial charge on any atom is 0.241 e. The molecule has 0 bridgehead atoms. The van der Waals surface area contributed by atoms with Crippen LogP contribution in [0.3, 0.4) is 0 Å². The topological polar surface area (TPSA) is 79.3 Å². The lowest BCUT2D eigenvalue weighted by Gasteiger charge is -2.10. The first kappa shape index (κ1) is 12.9. The zero-order valence-electron chi connectivity index (χ0n) is 9.87. The zero-order valence-corrected chi connectivity index (χ0v) is 10.7. The van der Waals surface area contributed by atoms with E-state index in [9.17, 15) is 8.42 Å². The van der Waals surface area contributed by atoms with Gasteiger partial charge in [0, 0.05) is 24.3 Å². The highest BCUT2D eigenvalue weighted by Gasteiger charge is 2.17. The Hall–Kier alpha value is -1.50. The lowest BCUT2D eigenvalue weighted by Crippen LogP contribution is -2.30. The van der Waals surface area contributed by atoms with E-state index >= 15 is 0 Å². The van der Waals surface area contributed by atoms with Gasteiger partial charge in [-0.25, -0.2) is 13.1 Å². The largest absolute Gasteiger partial charge is 0.392 e. The third-order valence-corrected chi connectivity index (χ3v) is 3.98. The summed E-state index contributed by atoms with van der Waals surface area (Å²) in [7, 11) is -3.63. The predicted molar refractivity (Wildman–Crippen MR) is 68.6 cm³/mol. The van der Waals surface area contributed by atoms with Crippen LogP contribution in [0.15, 0.2) is 41.6 Å². The average Bonchev–Trinajstić information content (AvgIpc) is 2.36. The molecule has 0 aliphatic carbocycles. The molecule has 0 spiro atoms. The summed E-state index contributed by atoms with van der Waals surface area (Å²) in [5.41, 5.74) is 0. The first-order chi connectivity index (χ1) is 8.50. The molecule has 0 aliphatic rings. The van der Waals surface area contributed by atoms with Crippen molar-refractivity contribution in [2.75, 3.05) is 6.54 Å². The number of sulfonamides is 1. The Bertz CT molecular complexity index is 648. The minimum Gasteiger partial charge on any atom is -0.392 e. The van der Waals surface area contributed by atoms with Crippen molar-refractivity contribution in [2.24, 2.45) is 0 Å². The molecule has 0 saturated heterocycles. The second-order valence-electron chi connectivity index (χ2n) is 4.05. The molecule has 1 atom stereocenters. The van der Waals surface area contributed by atoms with Gasteiger partial charge in [-0.05, 0) is 24.4 Å². The Morgan fingerprint density at radius 2 is 2.17 bits per heavy atom. The number of pyridine rings is 1. The van der Waals surface area contributed by atoms with Crippen molar-refractivity contribution in [2.45, 2.75) is 17.9 Å². The van der Waals surface area contributed by atoms with Crippen molar-refractivity contribution in [3.05, 3.63) is 36.7 Å². The minimum absolute atomic E-state index is 0.0149. The molecule has 96 valence electrons. The zero-order chi connectivity index (χ0) is 13.2. The molecule has 0 unspecified atom stereocenters. The molecule has 2 aromatic rings. The predicted octanol–water partition coefficient (Wildman–Crippen LogP) is 0.894. The van der Waals surface area contributed by atoms with Gasteiger partial charge < -0.3 is 5.11 Å². The van der Waals surface area contributed by atoms with Crippen LogP contribution in [-0.2, 0) is 10.0 Å². The van der Waals surface area contributed by atoms with E-state index in [1.807, 2.05) is 6.07 Å². The average molecular weight is 266 g/mol. The van der Waals surface area contributed by atoms with Crippen molar-refractivity contribution in [1.29, 1.82) is 0 Å². The molecule has 0 amide bonds. The molecule has 18 heavy (non-hydrogen) atoms. The third kappa shape index (κ3) is 2.66. The number of nitrogens with one attached hydrogen (secondary N) is 1. The number of nitrogens with zero attached hydrogens (tertiary/aromatic N) is 1. The number of rotatable bonds is 4. The van der Waals surface area contributed by atoms with Crippen LogP contribution in [-0.4, -0.2) is 31.2 Å². The van der Waals surface area contributed by atoms with Crippen molar-refractivity contribution in [1.82, 2.24) is 9.71 Å². The number of aliphatic hydroxyl groups excluding tert-OH is 1. The van der Waals surface area contributed by atoms with E-state index in [1.165, 1.54) is 19.2 Å². The van der Waals surface area contributed by atoms with Crippen LogP contribution in [0.5, 0.6) is 0 Å². The summed E-state index contributed by atoms with van der Waals surface area (Å²) >= 11 is 0. The molecule has 2 N–H and O–H groups in total. The molecule has 5 nitrogen and oxygen atoms in total. The fourth-order valence-electron chi connectivity index (χ4n) is 1.63. The number of aliphatic hydroxyl groups is 1. The van der Waals surface area contributed by atoms with E-state index < -0.39 is 16.1 Å². The van der Waals surface area contributed by atoms with Gasteiger partial charge in [0.2, 0.25) is 10.0 Å². The fraction of sp³-hybridized carbons (Fsp3) is 0.250. The highest BCUT2D eigenvalue weighted by atomic mass is 32.2. The molecule has 1 heterocycles. The molecule has 2 rings (SSSR count). The van der Waals surface area contributed by atoms with Gasteiger partial charge in [-0.3, -0.25) is 4.98 Å². The second kappa shape index (κ2) is 5.01. The van der Waals surface area contributed by atoms with Crippen LogP contribution in [0.25, 0.3) is 10.8 Å². The molecule has 1 aromatic carbocycles. The van der Waals surface area contributed by atoms with Crippen LogP contribution in [0.2, 0.25) is 0 Å². The molecular weight excluding hydrogens is 252 g/mol. The Balaban J connectivity index is 2.47. The fourth-order valence-corrected chi connectivity index (χ4v) is 2.96. The van der Waals surface area contributed by atoms with Crippen molar-refractivity contribution >= 4 is 20.8 Å². The molecule has 0 fully saturated rings. The van der Waals surface area contributed by atoms with Crippen molar-refractivity contribution in [3.63, 3.8) is 0 Å². The summed E-state index contributed by atoms with van der Waals surface area (Å²) < 4.78 is 26.6. The summed E-state index contributed by atoms with van der Waals surface area (Å²) in [5.74, 6) is 0. The number of hydrogen-bond acceptors (Lipinski definition) is 4. The summed E-state index contributed by atoms with van der Waals surface area (Å²) in [6.07, 6.45) is 2.40. The third-order valence-electron chi connectivity index (χ3n) is 2.50. The normalized spacial score (nSPS) is 13.7. The maximum atomic E-state index is 12.1. The van der Waals surface area contributed by atoms with E-state index in [0.29, 0.717) is 5.39 Å². The number of fused-ring (bicyclic) bond motifs is 1. The maximum absolute atomic E-state index is 12.1. The van der Waals surface area contributed by atoms with Crippen LogP contribution in [0.1, 0.15) is 6.92 Å². The lowest BCUT2D eigenvalue weighted by atomic mass is 10.2. The molecule has 6 heteroatoms. The van der Waals surface area contributed by atoms with Gasteiger partial charge in [-0.15, -0.1) is 0 Å². The van der Waals surface area contributed by atoms with E-state index in [-0.39, 0.29) is 11.4 Å². The number of hydrogen-bond donors (Lipinski definition) is 2. The molecule has 0 radical (unpaired) electrons. The van der Waals surface area contributed by atoms with Crippen molar-refractivity contribution in [3.8, 4) is 0 Å².